The van der Waals surface area contributed by atoms with Crippen molar-refractivity contribution in [1.82, 2.24) is 9.78 Å². The van der Waals surface area contributed by atoms with E-state index in [2.05, 4.69) is 28.0 Å². The number of para-hydroxylation sites is 1. The molecule has 0 atom stereocenters. The zero-order chi connectivity index (χ0) is 13.1. The predicted octanol–water partition coefficient (Wildman–Crippen LogP) is 3.14. The van der Waals surface area contributed by atoms with Crippen LogP contribution in [0.15, 0.2) is 28.7 Å². The molecule has 0 saturated carbocycles. The van der Waals surface area contributed by atoms with Crippen molar-refractivity contribution in [3.63, 3.8) is 0 Å². The predicted molar refractivity (Wildman–Crippen MR) is 75.5 cm³/mol. The first-order chi connectivity index (χ1) is 8.61. The Kier molecular flexibility index (Phi) is 3.91. The summed E-state index contributed by atoms with van der Waals surface area (Å²) in [5, 5.41) is 4.38. The molecule has 0 bridgehead atoms. The van der Waals surface area contributed by atoms with Crippen LogP contribution >= 0.6 is 15.9 Å². The third-order valence-corrected chi connectivity index (χ3v) is 3.27. The van der Waals surface area contributed by atoms with E-state index in [-0.39, 0.29) is 0 Å². The second-order valence-electron chi connectivity index (χ2n) is 4.04. The van der Waals surface area contributed by atoms with E-state index in [1.165, 1.54) is 0 Å². The van der Waals surface area contributed by atoms with Crippen LogP contribution in [0.3, 0.4) is 0 Å². The molecule has 0 saturated heterocycles. The highest BCUT2D eigenvalue weighted by Gasteiger charge is 2.08. The zero-order valence-corrected chi connectivity index (χ0v) is 12.1. The van der Waals surface area contributed by atoms with Crippen molar-refractivity contribution in [2.45, 2.75) is 27.0 Å². The highest BCUT2D eigenvalue weighted by molar-refractivity contribution is 9.10. The molecule has 0 aliphatic carbocycles. The molecule has 2 rings (SSSR count). The van der Waals surface area contributed by atoms with Gasteiger partial charge in [-0.05, 0) is 48.0 Å². The minimum absolute atomic E-state index is 0.460. The molecule has 4 nitrogen and oxygen atoms in total. The quantitative estimate of drug-likeness (QED) is 0.883. The summed E-state index contributed by atoms with van der Waals surface area (Å²) in [5.41, 5.74) is 8.55. The van der Waals surface area contributed by atoms with Gasteiger partial charge in [0.2, 0.25) is 0 Å². The minimum atomic E-state index is 0.460. The van der Waals surface area contributed by atoms with E-state index >= 15 is 0 Å². The van der Waals surface area contributed by atoms with Gasteiger partial charge in [0.15, 0.2) is 5.75 Å². The summed E-state index contributed by atoms with van der Waals surface area (Å²) in [5.74, 6) is 0.680. The normalized spacial score (nSPS) is 10.6. The molecule has 0 unspecified atom stereocenters. The molecule has 2 aromatic rings. The maximum Gasteiger partial charge on any atom is 0.156 e. The van der Waals surface area contributed by atoms with Gasteiger partial charge in [-0.15, -0.1) is 0 Å². The largest absolute Gasteiger partial charge is 0.484 e. The van der Waals surface area contributed by atoms with Gasteiger partial charge in [-0.25, -0.2) is 0 Å². The van der Waals surface area contributed by atoms with Crippen molar-refractivity contribution in [1.29, 1.82) is 0 Å². The number of halogens is 1. The van der Waals surface area contributed by atoms with Crippen molar-refractivity contribution in [2.75, 3.05) is 5.73 Å². The number of nitrogens with two attached hydrogens (primary N) is 1. The molecule has 0 radical (unpaired) electrons. The molecule has 0 spiro atoms. The van der Waals surface area contributed by atoms with Crippen molar-refractivity contribution >= 4 is 21.6 Å². The fourth-order valence-electron chi connectivity index (χ4n) is 1.81. The molecule has 1 aromatic carbocycles. The van der Waals surface area contributed by atoms with Crippen LogP contribution in [-0.4, -0.2) is 9.78 Å². The van der Waals surface area contributed by atoms with Crippen molar-refractivity contribution < 1.29 is 4.74 Å². The van der Waals surface area contributed by atoms with E-state index in [0.717, 1.165) is 22.4 Å². The topological polar surface area (TPSA) is 53.1 Å². The first-order valence-electron chi connectivity index (χ1n) is 5.82. The van der Waals surface area contributed by atoms with Crippen LogP contribution in [0.25, 0.3) is 0 Å². The Labute approximate surface area is 115 Å². The summed E-state index contributed by atoms with van der Waals surface area (Å²) < 4.78 is 8.57. The Morgan fingerprint density at radius 3 is 2.89 bits per heavy atom. The number of rotatable bonds is 4. The zero-order valence-electron chi connectivity index (χ0n) is 10.5. The van der Waals surface area contributed by atoms with Gasteiger partial charge in [0.25, 0.3) is 0 Å². The number of benzene rings is 1. The highest BCUT2D eigenvalue weighted by Crippen LogP contribution is 2.31. The molecular formula is C13H16BrN3O. The molecule has 2 N–H and O–H groups in total. The molecule has 5 heteroatoms. The van der Waals surface area contributed by atoms with Crippen LogP contribution < -0.4 is 10.5 Å². The Morgan fingerprint density at radius 2 is 2.22 bits per heavy atom. The fourth-order valence-corrected chi connectivity index (χ4v) is 2.31. The average molecular weight is 310 g/mol. The summed E-state index contributed by atoms with van der Waals surface area (Å²) in [6.07, 6.45) is 0. The lowest BCUT2D eigenvalue weighted by Crippen LogP contribution is -2.07. The number of nitrogen functional groups attached to an aromatic ring is 1. The third-order valence-electron chi connectivity index (χ3n) is 2.65. The number of hydrogen-bond acceptors (Lipinski definition) is 3. The number of aromatic nitrogens is 2. The Hall–Kier alpha value is -1.49. The maximum absolute atomic E-state index is 5.88. The standard InChI is InChI=1S/C13H16BrN3O/c1-3-17-10(7-9(2)16-17)8-18-13-11(14)5-4-6-12(13)15/h4-7H,3,8,15H2,1-2H3. The van der Waals surface area contributed by atoms with Crippen LogP contribution in [0, 0.1) is 6.92 Å². The van der Waals surface area contributed by atoms with Gasteiger partial charge in [0, 0.05) is 6.54 Å². The summed E-state index contributed by atoms with van der Waals surface area (Å²) in [6, 6.07) is 7.64. The van der Waals surface area contributed by atoms with Crippen molar-refractivity contribution in [3.05, 3.63) is 40.1 Å². The van der Waals surface area contributed by atoms with Crippen molar-refractivity contribution in [3.8, 4) is 5.75 Å². The van der Waals surface area contributed by atoms with E-state index in [0.29, 0.717) is 18.0 Å². The molecule has 18 heavy (non-hydrogen) atoms. The van der Waals surface area contributed by atoms with Gasteiger partial charge in [-0.1, -0.05) is 6.07 Å². The number of anilines is 1. The Morgan fingerprint density at radius 1 is 1.44 bits per heavy atom. The SMILES string of the molecule is CCn1nc(C)cc1COc1c(N)cccc1Br. The molecule has 0 aliphatic heterocycles. The number of nitrogens with zero attached hydrogens (tertiary/aromatic N) is 2. The lowest BCUT2D eigenvalue weighted by Gasteiger charge is -2.11. The summed E-state index contributed by atoms with van der Waals surface area (Å²) in [4.78, 5) is 0. The summed E-state index contributed by atoms with van der Waals surface area (Å²) >= 11 is 3.43. The van der Waals surface area contributed by atoms with Gasteiger partial charge >= 0.3 is 0 Å². The van der Waals surface area contributed by atoms with E-state index in [1.807, 2.05) is 35.9 Å². The summed E-state index contributed by atoms with van der Waals surface area (Å²) in [7, 11) is 0. The third kappa shape index (κ3) is 2.67. The molecule has 0 aliphatic rings. The van der Waals surface area contributed by atoms with Crippen LogP contribution in [0.1, 0.15) is 18.3 Å². The number of hydrogen-bond donors (Lipinski definition) is 1. The summed E-state index contributed by atoms with van der Waals surface area (Å²) in [6.45, 7) is 5.32. The molecule has 1 heterocycles. The van der Waals surface area contributed by atoms with Gasteiger partial charge in [-0.2, -0.15) is 5.10 Å². The van der Waals surface area contributed by atoms with Crippen LogP contribution in [0.4, 0.5) is 5.69 Å². The fraction of sp³-hybridized carbons (Fsp3) is 0.308. The molecule has 96 valence electrons. The van der Waals surface area contributed by atoms with Crippen molar-refractivity contribution in [2.24, 2.45) is 0 Å². The van der Waals surface area contributed by atoms with E-state index in [9.17, 15) is 0 Å². The smallest absolute Gasteiger partial charge is 0.156 e. The minimum Gasteiger partial charge on any atom is -0.484 e. The van der Waals surface area contributed by atoms with E-state index < -0.39 is 0 Å². The Balaban J connectivity index is 2.16. The van der Waals surface area contributed by atoms with Gasteiger partial charge < -0.3 is 10.5 Å². The highest BCUT2D eigenvalue weighted by atomic mass is 79.9. The second-order valence-corrected chi connectivity index (χ2v) is 4.89. The van der Waals surface area contributed by atoms with Crippen LogP contribution in [0.5, 0.6) is 5.75 Å². The second kappa shape index (κ2) is 5.44. The first-order valence-corrected chi connectivity index (χ1v) is 6.61. The van der Waals surface area contributed by atoms with Gasteiger partial charge in [-0.3, -0.25) is 4.68 Å². The number of ether oxygens (including phenoxy) is 1. The average Bonchev–Trinajstić information content (AvgIpc) is 2.69. The lowest BCUT2D eigenvalue weighted by atomic mass is 10.3. The molecule has 0 amide bonds. The lowest BCUT2D eigenvalue weighted by molar-refractivity contribution is 0.292. The van der Waals surface area contributed by atoms with Crippen LogP contribution in [-0.2, 0) is 13.2 Å². The van der Waals surface area contributed by atoms with Crippen LogP contribution in [0.2, 0.25) is 0 Å². The Bertz CT molecular complexity index is 531. The molecular weight excluding hydrogens is 294 g/mol. The number of aryl methyl sites for hydroxylation is 2. The van der Waals surface area contributed by atoms with E-state index in [4.69, 9.17) is 10.5 Å². The van der Waals surface area contributed by atoms with Gasteiger partial charge in [0.1, 0.15) is 6.61 Å². The van der Waals surface area contributed by atoms with Gasteiger partial charge in [0.05, 0.1) is 21.5 Å². The maximum atomic E-state index is 5.88. The molecule has 1 aromatic heterocycles. The molecule has 0 fully saturated rings. The monoisotopic (exact) mass is 309 g/mol. The van der Waals surface area contributed by atoms with E-state index in [1.54, 1.807) is 0 Å². The first kappa shape index (κ1) is 13.0.